The predicted octanol–water partition coefficient (Wildman–Crippen LogP) is 1.41. The first-order valence-electron chi connectivity index (χ1n) is 4.73. The molecule has 0 spiro atoms. The molecule has 1 N–H and O–H groups in total. The maximum Gasteiger partial charge on any atom is 0.336 e. The summed E-state index contributed by atoms with van der Waals surface area (Å²) in [4.78, 5) is 11.2. The SMILES string of the molecule is C=C(CO)C(=O)OC1CCCCC1. The highest BCUT2D eigenvalue weighted by atomic mass is 16.5. The van der Waals surface area contributed by atoms with Crippen molar-refractivity contribution in [3.63, 3.8) is 0 Å². The van der Waals surface area contributed by atoms with E-state index in [2.05, 4.69) is 6.58 Å². The molecule has 13 heavy (non-hydrogen) atoms. The molecule has 0 unspecified atom stereocenters. The van der Waals surface area contributed by atoms with Crippen LogP contribution >= 0.6 is 0 Å². The molecule has 0 aromatic carbocycles. The molecule has 3 nitrogen and oxygen atoms in total. The van der Waals surface area contributed by atoms with E-state index < -0.39 is 5.97 Å². The highest BCUT2D eigenvalue weighted by molar-refractivity contribution is 5.88. The second-order valence-corrected chi connectivity index (χ2v) is 3.43. The monoisotopic (exact) mass is 184 g/mol. The van der Waals surface area contributed by atoms with Crippen LogP contribution < -0.4 is 0 Å². The summed E-state index contributed by atoms with van der Waals surface area (Å²) in [6.45, 7) is 3.10. The number of rotatable bonds is 3. The normalized spacial score (nSPS) is 18.2. The summed E-state index contributed by atoms with van der Waals surface area (Å²) in [5.74, 6) is -0.450. The van der Waals surface area contributed by atoms with Gasteiger partial charge >= 0.3 is 5.97 Å². The minimum Gasteiger partial charge on any atom is -0.459 e. The minimum atomic E-state index is -0.450. The Labute approximate surface area is 78.4 Å². The van der Waals surface area contributed by atoms with Crippen molar-refractivity contribution in [2.45, 2.75) is 38.2 Å². The van der Waals surface area contributed by atoms with E-state index in [1.165, 1.54) is 6.42 Å². The lowest BCUT2D eigenvalue weighted by Crippen LogP contribution is -2.22. The standard InChI is InChI=1S/C10H16O3/c1-8(7-11)10(12)13-9-5-3-2-4-6-9/h9,11H,1-7H2. The molecule has 0 aromatic rings. The topological polar surface area (TPSA) is 46.5 Å². The second-order valence-electron chi connectivity index (χ2n) is 3.43. The zero-order chi connectivity index (χ0) is 9.68. The highest BCUT2D eigenvalue weighted by Crippen LogP contribution is 2.20. The first kappa shape index (κ1) is 10.3. The van der Waals surface area contributed by atoms with E-state index in [0.717, 1.165) is 25.7 Å². The smallest absolute Gasteiger partial charge is 0.336 e. The second kappa shape index (κ2) is 5.02. The number of esters is 1. The van der Waals surface area contributed by atoms with Crippen molar-refractivity contribution in [2.24, 2.45) is 0 Å². The Kier molecular flexibility index (Phi) is 3.96. The molecule has 0 radical (unpaired) electrons. The third-order valence-electron chi connectivity index (χ3n) is 2.31. The number of aliphatic hydroxyl groups is 1. The zero-order valence-corrected chi connectivity index (χ0v) is 7.79. The Balaban J connectivity index is 2.30. The third kappa shape index (κ3) is 3.19. The summed E-state index contributed by atoms with van der Waals surface area (Å²) in [6, 6.07) is 0. The Hall–Kier alpha value is -0.830. The van der Waals surface area contributed by atoms with Crippen LogP contribution in [0.2, 0.25) is 0 Å². The van der Waals surface area contributed by atoms with Crippen LogP contribution in [-0.4, -0.2) is 23.8 Å². The maximum absolute atomic E-state index is 11.2. The highest BCUT2D eigenvalue weighted by Gasteiger charge is 2.18. The van der Waals surface area contributed by atoms with Crippen molar-refractivity contribution in [1.29, 1.82) is 0 Å². The molecule has 1 fully saturated rings. The minimum absolute atomic E-state index is 0.0459. The van der Waals surface area contributed by atoms with Crippen molar-refractivity contribution < 1.29 is 14.6 Å². The Morgan fingerprint density at radius 3 is 2.54 bits per heavy atom. The molecule has 0 amide bonds. The zero-order valence-electron chi connectivity index (χ0n) is 7.79. The molecule has 1 aliphatic carbocycles. The van der Waals surface area contributed by atoms with E-state index in [9.17, 15) is 4.79 Å². The summed E-state index contributed by atoms with van der Waals surface area (Å²) in [5.41, 5.74) is 0.144. The molecule has 0 atom stereocenters. The van der Waals surface area contributed by atoms with Crippen LogP contribution in [0.25, 0.3) is 0 Å². The Morgan fingerprint density at radius 2 is 2.00 bits per heavy atom. The maximum atomic E-state index is 11.2. The third-order valence-corrected chi connectivity index (χ3v) is 2.31. The van der Waals surface area contributed by atoms with Gasteiger partial charge in [-0.25, -0.2) is 4.79 Å². The number of carbonyl (C=O) groups excluding carboxylic acids is 1. The van der Waals surface area contributed by atoms with Gasteiger partial charge in [0.05, 0.1) is 12.2 Å². The van der Waals surface area contributed by atoms with Gasteiger partial charge in [-0.2, -0.15) is 0 Å². The van der Waals surface area contributed by atoms with Crippen LogP contribution in [0, 0.1) is 0 Å². The quantitative estimate of drug-likeness (QED) is 0.533. The summed E-state index contributed by atoms with van der Waals surface area (Å²) in [5, 5.41) is 8.63. The number of carbonyl (C=O) groups is 1. The fraction of sp³-hybridized carbons (Fsp3) is 0.700. The molecule has 0 saturated heterocycles. The van der Waals surface area contributed by atoms with Crippen molar-refractivity contribution in [3.05, 3.63) is 12.2 Å². The first-order valence-corrected chi connectivity index (χ1v) is 4.73. The lowest BCUT2D eigenvalue weighted by atomic mass is 9.98. The summed E-state index contributed by atoms with van der Waals surface area (Å²) in [6.07, 6.45) is 5.43. The number of ether oxygens (including phenoxy) is 1. The van der Waals surface area contributed by atoms with Gasteiger partial charge in [0.25, 0.3) is 0 Å². The molecular weight excluding hydrogens is 168 g/mol. The fourth-order valence-corrected chi connectivity index (χ4v) is 1.48. The van der Waals surface area contributed by atoms with Gasteiger partial charge in [0.1, 0.15) is 6.10 Å². The molecular formula is C10H16O3. The van der Waals surface area contributed by atoms with E-state index in [4.69, 9.17) is 9.84 Å². The molecule has 0 aliphatic heterocycles. The lowest BCUT2D eigenvalue weighted by Gasteiger charge is -2.21. The number of hydrogen-bond acceptors (Lipinski definition) is 3. The van der Waals surface area contributed by atoms with Crippen LogP contribution in [0.1, 0.15) is 32.1 Å². The fourth-order valence-electron chi connectivity index (χ4n) is 1.48. The molecule has 3 heteroatoms. The van der Waals surface area contributed by atoms with E-state index in [1.807, 2.05) is 0 Å². The Bertz CT molecular complexity index is 192. The van der Waals surface area contributed by atoms with E-state index in [1.54, 1.807) is 0 Å². The van der Waals surface area contributed by atoms with Gasteiger partial charge in [0.2, 0.25) is 0 Å². The van der Waals surface area contributed by atoms with E-state index in [0.29, 0.717) is 0 Å². The Morgan fingerprint density at radius 1 is 1.38 bits per heavy atom. The summed E-state index contributed by atoms with van der Waals surface area (Å²) in [7, 11) is 0. The van der Waals surface area contributed by atoms with Crippen LogP contribution in [0.3, 0.4) is 0 Å². The van der Waals surface area contributed by atoms with Crippen molar-refractivity contribution in [1.82, 2.24) is 0 Å². The molecule has 1 aliphatic rings. The van der Waals surface area contributed by atoms with Gasteiger partial charge in [-0.15, -0.1) is 0 Å². The van der Waals surface area contributed by atoms with Crippen LogP contribution in [-0.2, 0) is 9.53 Å². The molecule has 0 bridgehead atoms. The molecule has 74 valence electrons. The van der Waals surface area contributed by atoms with E-state index in [-0.39, 0.29) is 18.3 Å². The van der Waals surface area contributed by atoms with Gasteiger partial charge in [0.15, 0.2) is 0 Å². The van der Waals surface area contributed by atoms with Crippen LogP contribution in [0.5, 0.6) is 0 Å². The van der Waals surface area contributed by atoms with E-state index >= 15 is 0 Å². The van der Waals surface area contributed by atoms with Crippen LogP contribution in [0.4, 0.5) is 0 Å². The number of hydrogen-bond donors (Lipinski definition) is 1. The average Bonchev–Trinajstić information content (AvgIpc) is 2.18. The first-order chi connectivity index (χ1) is 6.24. The van der Waals surface area contributed by atoms with Gasteiger partial charge < -0.3 is 9.84 Å². The lowest BCUT2D eigenvalue weighted by molar-refractivity contribution is -0.146. The molecule has 1 saturated carbocycles. The summed E-state index contributed by atoms with van der Waals surface area (Å²) >= 11 is 0. The van der Waals surface area contributed by atoms with Crippen molar-refractivity contribution >= 4 is 5.97 Å². The average molecular weight is 184 g/mol. The molecule has 0 heterocycles. The van der Waals surface area contributed by atoms with Gasteiger partial charge in [-0.3, -0.25) is 0 Å². The van der Waals surface area contributed by atoms with Crippen LogP contribution in [0.15, 0.2) is 12.2 Å². The predicted molar refractivity (Wildman–Crippen MR) is 49.2 cm³/mol. The van der Waals surface area contributed by atoms with Crippen molar-refractivity contribution in [3.8, 4) is 0 Å². The van der Waals surface area contributed by atoms with Gasteiger partial charge in [0, 0.05) is 0 Å². The van der Waals surface area contributed by atoms with Gasteiger partial charge in [-0.05, 0) is 25.7 Å². The molecule has 1 rings (SSSR count). The molecule has 0 aromatic heterocycles. The van der Waals surface area contributed by atoms with Crippen molar-refractivity contribution in [2.75, 3.05) is 6.61 Å². The summed E-state index contributed by atoms with van der Waals surface area (Å²) < 4.78 is 5.15. The number of aliphatic hydroxyl groups excluding tert-OH is 1. The largest absolute Gasteiger partial charge is 0.459 e. The van der Waals surface area contributed by atoms with Gasteiger partial charge in [-0.1, -0.05) is 13.0 Å².